The Morgan fingerprint density at radius 2 is 1.08 bits per heavy atom. The lowest BCUT2D eigenvalue weighted by molar-refractivity contribution is 0.255. The smallest absolute Gasteiger partial charge is 0.325 e. The highest BCUT2D eigenvalue weighted by atomic mass is 19.2. The van der Waals surface area contributed by atoms with E-state index in [2.05, 4.69) is 15.3 Å². The van der Waals surface area contributed by atoms with E-state index in [0.717, 1.165) is 23.3 Å². The average Bonchev–Trinajstić information content (AvgIpc) is 3.05. The number of urea groups is 1. The molecule has 0 saturated heterocycles. The molecule has 0 aliphatic rings. The number of para-hydroxylation sites is 2. The number of carbonyl (C=O) groups is 1. The summed E-state index contributed by atoms with van der Waals surface area (Å²) in [7, 11) is 0. The molecule has 0 saturated carbocycles. The molecule has 0 atom stereocenters. The number of benzene rings is 4. The van der Waals surface area contributed by atoms with E-state index in [1.54, 1.807) is 50.2 Å². The summed E-state index contributed by atoms with van der Waals surface area (Å²) < 4.78 is 82.1. The maximum Gasteiger partial charge on any atom is 0.325 e. The molecule has 4 aromatic carbocycles. The number of aromatic nitrogens is 2. The number of halogens is 6. The molecule has 3 N–H and O–H groups in total. The van der Waals surface area contributed by atoms with Crippen LogP contribution in [0, 0.1) is 48.8 Å². The second-order valence-electron chi connectivity index (χ2n) is 10.7. The highest BCUT2D eigenvalue weighted by Crippen LogP contribution is 2.32. The molecule has 6 nitrogen and oxygen atoms in total. The fraction of sp³-hybridized carbons (Fsp3) is 0.0541. The molecule has 248 valence electrons. The van der Waals surface area contributed by atoms with Gasteiger partial charge in [0.05, 0.1) is 11.4 Å². The normalized spacial score (nSPS) is 10.6. The van der Waals surface area contributed by atoms with Gasteiger partial charge >= 0.3 is 6.03 Å². The van der Waals surface area contributed by atoms with Crippen molar-refractivity contribution in [3.63, 3.8) is 0 Å². The monoisotopic (exact) mass is 671 g/mol. The van der Waals surface area contributed by atoms with Crippen LogP contribution in [-0.4, -0.2) is 16.0 Å². The molecule has 6 rings (SSSR count). The van der Waals surface area contributed by atoms with E-state index in [0.29, 0.717) is 33.2 Å². The highest BCUT2D eigenvalue weighted by molar-refractivity contribution is 5.98. The van der Waals surface area contributed by atoms with Crippen molar-refractivity contribution >= 4 is 29.0 Å². The van der Waals surface area contributed by atoms with Crippen molar-refractivity contribution < 1.29 is 31.1 Å². The molecular formula is C37H27F6N5O. The van der Waals surface area contributed by atoms with Crippen molar-refractivity contribution in [3.8, 4) is 22.5 Å². The Labute approximate surface area is 277 Å². The minimum atomic E-state index is -1.09. The SMILES string of the molecule is Cc1cc(F)ccc1-c1cccc(N(C(N)=O)c2c(F)cccc2F)n1.Cc1cc(F)ccc1-c1cccc(Nc2c(F)cccc2F)n1. The number of hydrogen-bond donors (Lipinski definition) is 2. The standard InChI is InChI=1S/C19H14F3N3O.C18H13F3N2/c1-11-10-12(20)8-9-13(11)16-6-3-7-17(24-16)25(19(23)26)18-14(21)4-2-5-15(18)22;1-11-10-12(19)8-9-13(11)16-6-3-7-17(22-16)23-18-14(20)4-2-5-15(18)21/h2-10H,1H3,(H2,23,26);2-10H,1H3,(H,22,23). The van der Waals surface area contributed by atoms with Crippen LogP contribution in [0.2, 0.25) is 0 Å². The zero-order valence-electron chi connectivity index (χ0n) is 26.0. The Morgan fingerprint density at radius 1 is 0.612 bits per heavy atom. The first-order chi connectivity index (χ1) is 23.4. The molecule has 49 heavy (non-hydrogen) atoms. The summed E-state index contributed by atoms with van der Waals surface area (Å²) in [5.41, 5.74) is 8.19. The third-order valence-corrected chi connectivity index (χ3v) is 7.24. The van der Waals surface area contributed by atoms with Gasteiger partial charge in [-0.05, 0) is 110 Å². The molecule has 2 aromatic heterocycles. The van der Waals surface area contributed by atoms with Gasteiger partial charge < -0.3 is 11.1 Å². The predicted molar refractivity (Wildman–Crippen MR) is 176 cm³/mol. The van der Waals surface area contributed by atoms with Crippen LogP contribution in [0.3, 0.4) is 0 Å². The van der Waals surface area contributed by atoms with Gasteiger partial charge in [0.2, 0.25) is 0 Å². The van der Waals surface area contributed by atoms with Crippen molar-refractivity contribution in [1.29, 1.82) is 0 Å². The molecule has 2 heterocycles. The van der Waals surface area contributed by atoms with Gasteiger partial charge in [-0.25, -0.2) is 46.0 Å². The van der Waals surface area contributed by atoms with Gasteiger partial charge in [-0.2, -0.15) is 0 Å². The molecular weight excluding hydrogens is 644 g/mol. The van der Waals surface area contributed by atoms with E-state index < -0.39 is 40.8 Å². The van der Waals surface area contributed by atoms with Crippen molar-refractivity contribution in [3.05, 3.63) is 155 Å². The van der Waals surface area contributed by atoms with Crippen molar-refractivity contribution in [2.45, 2.75) is 13.8 Å². The average molecular weight is 672 g/mol. The first kappa shape index (κ1) is 34.2. The Bertz CT molecular complexity index is 2120. The molecule has 0 fully saturated rings. The van der Waals surface area contributed by atoms with Gasteiger partial charge in [-0.1, -0.05) is 24.3 Å². The Hall–Kier alpha value is -6.17. The number of pyridine rings is 2. The minimum absolute atomic E-state index is 0.0530. The largest absolute Gasteiger partial charge is 0.351 e. The third kappa shape index (κ3) is 7.87. The van der Waals surface area contributed by atoms with Crippen LogP contribution in [0.15, 0.2) is 109 Å². The van der Waals surface area contributed by atoms with E-state index >= 15 is 0 Å². The zero-order valence-corrected chi connectivity index (χ0v) is 26.0. The Morgan fingerprint density at radius 3 is 1.59 bits per heavy atom. The van der Waals surface area contributed by atoms with Crippen molar-refractivity contribution in [1.82, 2.24) is 9.97 Å². The summed E-state index contributed by atoms with van der Waals surface area (Å²) in [6, 6.07) is 24.0. The predicted octanol–water partition coefficient (Wildman–Crippen LogP) is 9.91. The van der Waals surface area contributed by atoms with Crippen molar-refractivity contribution in [2.24, 2.45) is 5.73 Å². The number of carbonyl (C=O) groups excluding carboxylic acids is 1. The summed E-state index contributed by atoms with van der Waals surface area (Å²) in [5.74, 6) is -3.77. The molecule has 12 heteroatoms. The van der Waals surface area contributed by atoms with Gasteiger partial charge in [0.25, 0.3) is 0 Å². The van der Waals surface area contributed by atoms with E-state index in [9.17, 15) is 31.1 Å². The van der Waals surface area contributed by atoms with Gasteiger partial charge in [0.15, 0.2) is 0 Å². The summed E-state index contributed by atoms with van der Waals surface area (Å²) in [6.07, 6.45) is 0. The number of hydrogen-bond acceptors (Lipinski definition) is 4. The lowest BCUT2D eigenvalue weighted by Gasteiger charge is -2.21. The highest BCUT2D eigenvalue weighted by Gasteiger charge is 2.24. The maximum absolute atomic E-state index is 14.1. The molecule has 6 aromatic rings. The number of nitrogens with zero attached hydrogens (tertiary/aromatic N) is 3. The fourth-order valence-electron chi connectivity index (χ4n) is 4.97. The Kier molecular flexibility index (Phi) is 10.3. The summed E-state index contributed by atoms with van der Waals surface area (Å²) in [6.45, 7) is 3.48. The van der Waals surface area contributed by atoms with Crippen LogP contribution < -0.4 is 16.0 Å². The molecule has 0 radical (unpaired) electrons. The minimum Gasteiger partial charge on any atom is -0.351 e. The van der Waals surface area contributed by atoms with Crippen LogP contribution in [0.25, 0.3) is 22.5 Å². The van der Waals surface area contributed by atoms with Crippen molar-refractivity contribution in [2.75, 3.05) is 10.2 Å². The lowest BCUT2D eigenvalue weighted by Crippen LogP contribution is -2.33. The number of rotatable bonds is 6. The third-order valence-electron chi connectivity index (χ3n) is 7.24. The molecule has 0 bridgehead atoms. The van der Waals surface area contributed by atoms with Crippen LogP contribution in [0.5, 0.6) is 0 Å². The second-order valence-corrected chi connectivity index (χ2v) is 10.7. The lowest BCUT2D eigenvalue weighted by atomic mass is 10.1. The van der Waals surface area contributed by atoms with Gasteiger partial charge in [0, 0.05) is 11.1 Å². The number of nitrogens with two attached hydrogens (primary N) is 1. The molecule has 0 aliphatic heterocycles. The number of aryl methyl sites for hydroxylation is 2. The van der Waals surface area contributed by atoms with Crippen LogP contribution in [0.4, 0.5) is 54.1 Å². The zero-order chi connectivity index (χ0) is 35.2. The molecule has 0 aliphatic carbocycles. The summed E-state index contributed by atoms with van der Waals surface area (Å²) >= 11 is 0. The van der Waals surface area contributed by atoms with E-state index in [4.69, 9.17) is 5.73 Å². The molecule has 0 unspecified atom stereocenters. The first-order valence-corrected chi connectivity index (χ1v) is 14.6. The quantitative estimate of drug-likeness (QED) is 0.173. The first-order valence-electron chi connectivity index (χ1n) is 14.6. The van der Waals surface area contributed by atoms with E-state index in [1.807, 2.05) is 0 Å². The summed E-state index contributed by atoms with van der Waals surface area (Å²) in [4.78, 5) is 21.2. The van der Waals surface area contributed by atoms with Crippen LogP contribution >= 0.6 is 0 Å². The van der Waals surface area contributed by atoms with Gasteiger partial charge in [0.1, 0.15) is 57.9 Å². The Balaban J connectivity index is 0.000000192. The van der Waals surface area contributed by atoms with E-state index in [-0.39, 0.29) is 17.3 Å². The maximum atomic E-state index is 14.1. The number of primary amides is 1. The van der Waals surface area contributed by atoms with Gasteiger partial charge in [-0.15, -0.1) is 0 Å². The second kappa shape index (κ2) is 14.7. The van der Waals surface area contributed by atoms with Crippen LogP contribution in [-0.2, 0) is 0 Å². The number of nitrogens with one attached hydrogen (secondary N) is 1. The molecule has 0 spiro atoms. The molecule has 2 amide bonds. The van der Waals surface area contributed by atoms with Crippen LogP contribution in [0.1, 0.15) is 11.1 Å². The van der Waals surface area contributed by atoms with Gasteiger partial charge in [-0.3, -0.25) is 0 Å². The number of anilines is 4. The van der Waals surface area contributed by atoms with E-state index in [1.165, 1.54) is 60.7 Å². The fourth-order valence-corrected chi connectivity index (χ4v) is 4.97. The summed E-state index contributed by atoms with van der Waals surface area (Å²) in [5, 5.41) is 2.65. The number of amides is 2. The topological polar surface area (TPSA) is 84.1 Å².